The molecule has 190 valence electrons. The molecule has 1 atom stereocenters. The highest BCUT2D eigenvalue weighted by molar-refractivity contribution is 6.09. The van der Waals surface area contributed by atoms with E-state index in [2.05, 4.69) is 17.5 Å². The lowest BCUT2D eigenvalue weighted by Crippen LogP contribution is -2.58. The zero-order chi connectivity index (χ0) is 25.4. The summed E-state index contributed by atoms with van der Waals surface area (Å²) in [6.07, 6.45) is 12.8. The lowest BCUT2D eigenvalue weighted by atomic mass is 9.96. The van der Waals surface area contributed by atoms with E-state index in [1.54, 1.807) is 34.9 Å². The van der Waals surface area contributed by atoms with Crippen molar-refractivity contribution in [2.75, 3.05) is 11.9 Å². The van der Waals surface area contributed by atoms with Crippen LogP contribution < -0.4 is 10.2 Å². The molecule has 1 amide bonds. The van der Waals surface area contributed by atoms with Crippen LogP contribution in [0.4, 0.5) is 5.69 Å². The highest BCUT2D eigenvalue weighted by Gasteiger charge is 2.43. The van der Waals surface area contributed by atoms with E-state index >= 15 is 0 Å². The zero-order valence-corrected chi connectivity index (χ0v) is 21.8. The van der Waals surface area contributed by atoms with Crippen LogP contribution in [0.5, 0.6) is 0 Å². The molecule has 4 rings (SSSR count). The lowest BCUT2D eigenvalue weighted by molar-refractivity contribution is -0.112. The third-order valence-electron chi connectivity index (χ3n) is 6.68. The Morgan fingerprint density at radius 1 is 1.11 bits per heavy atom. The topological polar surface area (TPSA) is 76.5 Å². The smallest absolute Gasteiger partial charge is 0.277 e. The fraction of sp³-hybridized carbons (Fsp3) is 0.536. The number of fused-ring (bicyclic) bond motifs is 1. The SMILES string of the molecule is C/C=C\OCc1cc2n(n1)CC(C)(C=O)N(c1cc(C)cc(C)c1)C2=O.CNC1CCCCCC1. The van der Waals surface area contributed by atoms with Crippen molar-refractivity contribution in [1.82, 2.24) is 15.1 Å². The standard InChI is InChI=1S/C20H23N3O3.C8H17N/c1-5-6-26-11-16-10-18-19(25)23(17-8-14(2)7-15(3)9-17)20(4,13-24)12-22(18)21-16;1-9-8-6-4-2-3-5-7-8/h5-10,13H,11-12H2,1-4H3;8-9H,2-7H2,1H3/b6-5-;. The van der Waals surface area contributed by atoms with Crippen molar-refractivity contribution in [3.63, 3.8) is 0 Å². The van der Waals surface area contributed by atoms with Gasteiger partial charge in [-0.15, -0.1) is 0 Å². The number of carbonyl (C=O) groups is 2. The summed E-state index contributed by atoms with van der Waals surface area (Å²) in [7, 11) is 2.08. The molecule has 0 bridgehead atoms. The summed E-state index contributed by atoms with van der Waals surface area (Å²) in [4.78, 5) is 26.7. The van der Waals surface area contributed by atoms with Gasteiger partial charge in [0.05, 0.1) is 12.8 Å². The van der Waals surface area contributed by atoms with Crippen LogP contribution >= 0.6 is 0 Å². The Labute approximate surface area is 209 Å². The normalized spacial score (nSPS) is 20.7. The monoisotopic (exact) mass is 480 g/mol. The van der Waals surface area contributed by atoms with Gasteiger partial charge in [0.1, 0.15) is 29.8 Å². The Morgan fingerprint density at radius 2 is 1.77 bits per heavy atom. The molecule has 7 heteroatoms. The molecule has 35 heavy (non-hydrogen) atoms. The minimum Gasteiger partial charge on any atom is -0.495 e. The maximum Gasteiger partial charge on any atom is 0.277 e. The molecule has 1 unspecified atom stereocenters. The Bertz CT molecular complexity index is 1020. The number of aryl methyl sites for hydroxylation is 2. The lowest BCUT2D eigenvalue weighted by Gasteiger charge is -2.41. The molecule has 1 aliphatic carbocycles. The number of ether oxygens (including phenoxy) is 1. The number of aromatic nitrogens is 2. The van der Waals surface area contributed by atoms with E-state index in [9.17, 15) is 9.59 Å². The number of rotatable bonds is 6. The van der Waals surface area contributed by atoms with Gasteiger partial charge in [-0.25, -0.2) is 0 Å². The van der Waals surface area contributed by atoms with Gasteiger partial charge in [0.15, 0.2) is 0 Å². The van der Waals surface area contributed by atoms with Gasteiger partial charge in [0, 0.05) is 11.7 Å². The first-order valence-corrected chi connectivity index (χ1v) is 12.7. The summed E-state index contributed by atoms with van der Waals surface area (Å²) in [6.45, 7) is 8.15. The maximum atomic E-state index is 13.2. The van der Waals surface area contributed by atoms with Crippen molar-refractivity contribution in [1.29, 1.82) is 0 Å². The number of hydrogen-bond donors (Lipinski definition) is 1. The first-order valence-electron chi connectivity index (χ1n) is 12.7. The van der Waals surface area contributed by atoms with Crippen molar-refractivity contribution in [2.24, 2.45) is 0 Å². The van der Waals surface area contributed by atoms with Crippen molar-refractivity contribution >= 4 is 17.9 Å². The summed E-state index contributed by atoms with van der Waals surface area (Å²) in [5.74, 6) is -0.236. The first-order chi connectivity index (χ1) is 16.8. The number of anilines is 1. The van der Waals surface area contributed by atoms with Crippen LogP contribution in [0.3, 0.4) is 0 Å². The molecule has 0 saturated heterocycles. The van der Waals surface area contributed by atoms with Crippen molar-refractivity contribution in [3.8, 4) is 0 Å². The third kappa shape index (κ3) is 6.60. The van der Waals surface area contributed by atoms with E-state index in [1.807, 2.05) is 39.0 Å². The minimum absolute atomic E-state index is 0.236. The fourth-order valence-electron chi connectivity index (χ4n) is 4.93. The predicted octanol–water partition coefficient (Wildman–Crippen LogP) is 5.10. The first kappa shape index (κ1) is 26.7. The fourth-order valence-corrected chi connectivity index (χ4v) is 4.93. The molecule has 7 nitrogen and oxygen atoms in total. The number of aldehydes is 1. The van der Waals surface area contributed by atoms with Crippen LogP contribution in [-0.2, 0) is 22.7 Å². The molecule has 0 spiro atoms. The Hall–Kier alpha value is -2.93. The minimum atomic E-state index is -1.00. The molecule has 2 heterocycles. The van der Waals surface area contributed by atoms with Crippen LogP contribution in [0, 0.1) is 13.8 Å². The number of nitrogens with zero attached hydrogens (tertiary/aromatic N) is 3. The van der Waals surface area contributed by atoms with Crippen LogP contribution in [0.2, 0.25) is 0 Å². The summed E-state index contributed by atoms with van der Waals surface area (Å²) < 4.78 is 6.95. The van der Waals surface area contributed by atoms with E-state index in [0.29, 0.717) is 17.9 Å². The average molecular weight is 481 g/mol. The molecule has 1 N–H and O–H groups in total. The van der Waals surface area contributed by atoms with Gasteiger partial charge in [-0.3, -0.25) is 14.4 Å². The largest absolute Gasteiger partial charge is 0.495 e. The Kier molecular flexibility index (Phi) is 9.26. The summed E-state index contributed by atoms with van der Waals surface area (Å²) in [6, 6.07) is 8.44. The van der Waals surface area contributed by atoms with E-state index in [0.717, 1.165) is 29.1 Å². The van der Waals surface area contributed by atoms with E-state index < -0.39 is 5.54 Å². The number of carbonyl (C=O) groups excluding carboxylic acids is 2. The van der Waals surface area contributed by atoms with Gasteiger partial charge < -0.3 is 14.8 Å². The van der Waals surface area contributed by atoms with Crippen LogP contribution in [0.15, 0.2) is 36.6 Å². The third-order valence-corrected chi connectivity index (χ3v) is 6.68. The Morgan fingerprint density at radius 3 is 2.34 bits per heavy atom. The molecule has 0 radical (unpaired) electrons. The highest BCUT2D eigenvalue weighted by Crippen LogP contribution is 2.32. The predicted molar refractivity (Wildman–Crippen MR) is 140 cm³/mol. The van der Waals surface area contributed by atoms with Crippen LogP contribution in [0.1, 0.15) is 79.7 Å². The highest BCUT2D eigenvalue weighted by atomic mass is 16.5. The zero-order valence-electron chi connectivity index (χ0n) is 21.8. The molecule has 1 aromatic heterocycles. The molecule has 1 saturated carbocycles. The van der Waals surface area contributed by atoms with Gasteiger partial charge in [-0.1, -0.05) is 37.8 Å². The van der Waals surface area contributed by atoms with Crippen LogP contribution in [0.25, 0.3) is 0 Å². The van der Waals surface area contributed by atoms with Crippen molar-refractivity contribution in [2.45, 2.75) is 91.0 Å². The molecular formula is C28H40N4O3. The van der Waals surface area contributed by atoms with E-state index in [4.69, 9.17) is 4.74 Å². The maximum absolute atomic E-state index is 13.2. The van der Waals surface area contributed by atoms with Crippen LogP contribution in [-0.4, -0.2) is 40.6 Å². The van der Waals surface area contributed by atoms with Gasteiger partial charge in [0.25, 0.3) is 5.91 Å². The van der Waals surface area contributed by atoms with Crippen molar-refractivity contribution < 1.29 is 14.3 Å². The second-order valence-electron chi connectivity index (χ2n) is 9.90. The number of benzene rings is 1. The molecule has 2 aromatic rings. The van der Waals surface area contributed by atoms with Gasteiger partial charge >= 0.3 is 0 Å². The molecule has 1 fully saturated rings. The second-order valence-corrected chi connectivity index (χ2v) is 9.90. The van der Waals surface area contributed by atoms with Crippen molar-refractivity contribution in [3.05, 3.63) is 59.1 Å². The second kappa shape index (κ2) is 12.2. The van der Waals surface area contributed by atoms with E-state index in [1.165, 1.54) is 38.5 Å². The molecular weight excluding hydrogens is 440 g/mol. The number of hydrogen-bond acceptors (Lipinski definition) is 5. The number of allylic oxidation sites excluding steroid dienone is 1. The number of amides is 1. The summed E-state index contributed by atoms with van der Waals surface area (Å²) in [5.41, 5.74) is 2.92. The quantitative estimate of drug-likeness (QED) is 0.354. The van der Waals surface area contributed by atoms with Gasteiger partial charge in [-0.05, 0) is 76.9 Å². The molecule has 1 aromatic carbocycles. The summed E-state index contributed by atoms with van der Waals surface area (Å²) in [5, 5.41) is 7.77. The summed E-state index contributed by atoms with van der Waals surface area (Å²) >= 11 is 0. The van der Waals surface area contributed by atoms with E-state index in [-0.39, 0.29) is 12.5 Å². The number of nitrogens with one attached hydrogen (secondary N) is 1. The average Bonchev–Trinajstić information content (AvgIpc) is 3.03. The van der Waals surface area contributed by atoms with Gasteiger partial charge in [0.2, 0.25) is 0 Å². The van der Waals surface area contributed by atoms with Gasteiger partial charge in [-0.2, -0.15) is 5.10 Å². The molecule has 2 aliphatic rings. The Balaban J connectivity index is 0.000000320. The molecule has 1 aliphatic heterocycles.